The molecule has 0 bridgehead atoms. The van der Waals surface area contributed by atoms with Crippen LogP contribution in [0.25, 0.3) is 0 Å². The number of hydrogen-bond acceptors (Lipinski definition) is 10. The number of halogens is 1. The van der Waals surface area contributed by atoms with Gasteiger partial charge in [0.2, 0.25) is 11.8 Å². The summed E-state index contributed by atoms with van der Waals surface area (Å²) >= 11 is 6.38. The maximum absolute atomic E-state index is 13.6. The minimum Gasteiger partial charge on any atom is -0.371 e. The Kier molecular flexibility index (Phi) is 11.1. The molecule has 0 unspecified atom stereocenters. The minimum absolute atomic E-state index is 0.104. The maximum atomic E-state index is 13.6. The molecule has 1 aromatic heterocycles. The molecule has 0 radical (unpaired) electrons. The van der Waals surface area contributed by atoms with E-state index in [1.54, 1.807) is 12.3 Å². The van der Waals surface area contributed by atoms with Crippen molar-refractivity contribution in [2.75, 3.05) is 73.6 Å². The molecule has 6 heterocycles. The van der Waals surface area contributed by atoms with Crippen LogP contribution in [0.4, 0.5) is 17.1 Å². The van der Waals surface area contributed by atoms with Crippen LogP contribution in [0.2, 0.25) is 5.02 Å². The molecule has 5 saturated heterocycles. The number of piperazine rings is 1. The number of anilines is 3. The topological polar surface area (TPSA) is 145 Å². The molecule has 1 spiro atoms. The second kappa shape index (κ2) is 16.3. The van der Waals surface area contributed by atoms with Gasteiger partial charge in [0.15, 0.2) is 0 Å². The summed E-state index contributed by atoms with van der Waals surface area (Å²) in [6, 6.07) is 19.8. The number of nitriles is 1. The summed E-state index contributed by atoms with van der Waals surface area (Å²) in [7, 11) is 0. The third-order valence-electron chi connectivity index (χ3n) is 12.9. The van der Waals surface area contributed by atoms with Gasteiger partial charge in [0.05, 0.1) is 22.5 Å². The largest absolute Gasteiger partial charge is 0.371 e. The first kappa shape index (κ1) is 38.7. The van der Waals surface area contributed by atoms with E-state index < -0.39 is 17.9 Å². The second-order valence-electron chi connectivity index (χ2n) is 16.4. The average Bonchev–Trinajstić information content (AvgIpc) is 3.56. The number of nitrogens with zero attached hydrogens (tertiary/aromatic N) is 7. The van der Waals surface area contributed by atoms with Crippen molar-refractivity contribution in [2.24, 2.45) is 5.41 Å². The van der Waals surface area contributed by atoms with Gasteiger partial charge in [-0.25, -0.2) is 4.98 Å². The number of amides is 4. The molecule has 8 rings (SSSR count). The first-order valence-corrected chi connectivity index (χ1v) is 20.7. The molecule has 14 heteroatoms. The van der Waals surface area contributed by atoms with Crippen molar-refractivity contribution < 1.29 is 19.2 Å². The number of hydrogen-bond donors (Lipinski definition) is 2. The predicted molar refractivity (Wildman–Crippen MR) is 219 cm³/mol. The van der Waals surface area contributed by atoms with Crippen molar-refractivity contribution in [3.05, 3.63) is 82.6 Å². The number of carbonyl (C=O) groups excluding carboxylic acids is 4. The molecular formula is C43H50ClN9O4. The van der Waals surface area contributed by atoms with Gasteiger partial charge in [-0.15, -0.1) is 0 Å². The first-order chi connectivity index (χ1) is 27.6. The molecule has 0 saturated carbocycles. The Labute approximate surface area is 338 Å². The molecule has 2 atom stereocenters. The molecule has 2 aromatic carbocycles. The predicted octanol–water partition coefficient (Wildman–Crippen LogP) is 4.45. The highest BCUT2D eigenvalue weighted by Crippen LogP contribution is 2.46. The molecule has 298 valence electrons. The highest BCUT2D eigenvalue weighted by Gasteiger charge is 2.44. The van der Waals surface area contributed by atoms with Crippen molar-refractivity contribution >= 4 is 52.3 Å². The van der Waals surface area contributed by atoms with E-state index in [2.05, 4.69) is 60.3 Å². The number of imide groups is 1. The molecule has 0 aliphatic carbocycles. The van der Waals surface area contributed by atoms with E-state index in [0.717, 1.165) is 108 Å². The summed E-state index contributed by atoms with van der Waals surface area (Å²) in [4.78, 5) is 65.7. The van der Waals surface area contributed by atoms with Crippen LogP contribution in [0, 0.1) is 16.7 Å². The zero-order chi connectivity index (χ0) is 39.7. The van der Waals surface area contributed by atoms with E-state index in [1.165, 1.54) is 5.69 Å². The third kappa shape index (κ3) is 8.29. The zero-order valence-electron chi connectivity index (χ0n) is 32.5. The summed E-state index contributed by atoms with van der Waals surface area (Å²) in [5, 5.41) is 14.7. The Hall–Kier alpha value is -5.19. The fraction of sp³-hybridized carbons (Fsp3) is 0.488. The molecule has 5 aliphatic rings. The lowest BCUT2D eigenvalue weighted by molar-refractivity contribution is -0.134. The Morgan fingerprint density at radius 1 is 0.877 bits per heavy atom. The lowest BCUT2D eigenvalue weighted by Gasteiger charge is -2.43. The Balaban J connectivity index is 0.767. The van der Waals surface area contributed by atoms with Crippen LogP contribution in [0.1, 0.15) is 78.3 Å². The van der Waals surface area contributed by atoms with Crippen molar-refractivity contribution in [1.29, 1.82) is 5.26 Å². The molecule has 5 fully saturated rings. The normalized spacial score (nSPS) is 23.0. The Morgan fingerprint density at radius 2 is 1.56 bits per heavy atom. The number of piperidine rings is 3. The van der Waals surface area contributed by atoms with E-state index in [4.69, 9.17) is 11.6 Å². The summed E-state index contributed by atoms with van der Waals surface area (Å²) in [5.41, 5.74) is 4.96. The van der Waals surface area contributed by atoms with Crippen LogP contribution >= 0.6 is 11.6 Å². The third-order valence-corrected chi connectivity index (χ3v) is 13.3. The van der Waals surface area contributed by atoms with Gasteiger partial charge in [-0.05, 0) is 105 Å². The van der Waals surface area contributed by atoms with Crippen molar-refractivity contribution in [3.63, 3.8) is 0 Å². The summed E-state index contributed by atoms with van der Waals surface area (Å²) in [6.07, 6.45) is 7.46. The molecule has 4 amide bonds. The lowest BCUT2D eigenvalue weighted by Crippen LogP contribution is -2.53. The van der Waals surface area contributed by atoms with E-state index in [-0.39, 0.29) is 35.8 Å². The maximum Gasteiger partial charge on any atom is 0.270 e. The first-order valence-electron chi connectivity index (χ1n) is 20.3. The van der Waals surface area contributed by atoms with Crippen molar-refractivity contribution in [1.82, 2.24) is 25.4 Å². The van der Waals surface area contributed by atoms with Crippen LogP contribution in [-0.4, -0.2) is 115 Å². The molecule has 13 nitrogen and oxygen atoms in total. The SMILES string of the molecule is C[C@H]1CC2(CCN(c3ccc(C(=O)N4CCC(N5CCN(c6ccc(C(=O)N[C@@H]7CCC(=O)NC7=O)nc6)CC5)CC4)cc3)CC2)CN1c1ccc(C#N)c(Cl)c1. The highest BCUT2D eigenvalue weighted by atomic mass is 35.5. The van der Waals surface area contributed by atoms with Crippen LogP contribution < -0.4 is 25.3 Å². The van der Waals surface area contributed by atoms with Crippen LogP contribution in [0.5, 0.6) is 0 Å². The summed E-state index contributed by atoms with van der Waals surface area (Å²) in [6.45, 7) is 10.3. The van der Waals surface area contributed by atoms with E-state index >= 15 is 0 Å². The Bertz CT molecular complexity index is 2030. The van der Waals surface area contributed by atoms with Gasteiger partial charge in [0.25, 0.3) is 11.8 Å². The number of rotatable bonds is 7. The van der Waals surface area contributed by atoms with Crippen LogP contribution in [-0.2, 0) is 9.59 Å². The van der Waals surface area contributed by atoms with E-state index in [1.807, 2.05) is 41.3 Å². The van der Waals surface area contributed by atoms with Gasteiger partial charge in [-0.2, -0.15) is 5.26 Å². The lowest BCUT2D eigenvalue weighted by atomic mass is 9.76. The number of pyridine rings is 1. The van der Waals surface area contributed by atoms with Gasteiger partial charge < -0.3 is 24.9 Å². The zero-order valence-corrected chi connectivity index (χ0v) is 33.2. The van der Waals surface area contributed by atoms with E-state index in [9.17, 15) is 24.4 Å². The second-order valence-corrected chi connectivity index (χ2v) is 16.8. The smallest absolute Gasteiger partial charge is 0.270 e. The van der Waals surface area contributed by atoms with Gasteiger partial charge >= 0.3 is 0 Å². The van der Waals surface area contributed by atoms with Crippen LogP contribution in [0.15, 0.2) is 60.8 Å². The number of nitrogens with one attached hydrogen (secondary N) is 2. The van der Waals surface area contributed by atoms with Crippen molar-refractivity contribution in [3.8, 4) is 6.07 Å². The quantitative estimate of drug-likeness (QED) is 0.330. The standard InChI is InChI=1S/C43H50ClN9O4/c1-29-25-43(28-53(29)34-7-4-31(26-45)36(44)24-34)14-18-49(19-15-43)32-5-2-30(3-6-32)42(57)52-16-12-33(13-17-52)50-20-22-51(23-21-50)35-8-9-37(46-27-35)40(55)47-38-10-11-39(54)48-41(38)56/h2-9,24,27,29,33,38H,10-23,25,28H2,1H3,(H,47,55)(H,48,54,56)/t29-,38+/m0/s1. The van der Waals surface area contributed by atoms with Crippen LogP contribution in [0.3, 0.4) is 0 Å². The van der Waals surface area contributed by atoms with Gasteiger partial charge in [-0.3, -0.25) is 29.4 Å². The number of likely N-dealkylation sites (tertiary alicyclic amines) is 1. The summed E-state index contributed by atoms with van der Waals surface area (Å²) in [5.74, 6) is -1.14. The Morgan fingerprint density at radius 3 is 2.21 bits per heavy atom. The average molecular weight is 792 g/mol. The van der Waals surface area contributed by atoms with E-state index in [0.29, 0.717) is 22.7 Å². The number of benzene rings is 2. The molecule has 2 N–H and O–H groups in total. The fourth-order valence-electron chi connectivity index (χ4n) is 9.59. The van der Waals surface area contributed by atoms with Gasteiger partial charge in [0, 0.05) is 94.3 Å². The molecule has 5 aliphatic heterocycles. The van der Waals surface area contributed by atoms with Gasteiger partial charge in [-0.1, -0.05) is 11.6 Å². The molecule has 3 aromatic rings. The number of carbonyl (C=O) groups is 4. The van der Waals surface area contributed by atoms with Gasteiger partial charge in [0.1, 0.15) is 17.8 Å². The van der Waals surface area contributed by atoms with Crippen molar-refractivity contribution in [2.45, 2.75) is 70.0 Å². The summed E-state index contributed by atoms with van der Waals surface area (Å²) < 4.78 is 0. The molecule has 57 heavy (non-hydrogen) atoms. The fourth-order valence-corrected chi connectivity index (χ4v) is 9.80. The minimum atomic E-state index is -0.736. The molecular weight excluding hydrogens is 742 g/mol. The number of aromatic nitrogens is 1. The highest BCUT2D eigenvalue weighted by molar-refractivity contribution is 6.32. The monoisotopic (exact) mass is 791 g/mol.